The predicted octanol–water partition coefficient (Wildman–Crippen LogP) is 6.97. The third-order valence-corrected chi connectivity index (χ3v) is 11.8. The van der Waals surface area contributed by atoms with Crippen molar-refractivity contribution in [1.29, 1.82) is 0 Å². The summed E-state index contributed by atoms with van der Waals surface area (Å²) in [6, 6.07) is 24.8. The third kappa shape index (κ3) is 12.4. The normalized spacial score (nSPS) is 14.8. The summed E-state index contributed by atoms with van der Waals surface area (Å²) in [5.41, 5.74) is 2.84. The lowest BCUT2D eigenvalue weighted by Gasteiger charge is -2.31. The van der Waals surface area contributed by atoms with E-state index in [2.05, 4.69) is 5.32 Å². The molecule has 0 bridgehead atoms. The van der Waals surface area contributed by atoms with Crippen LogP contribution in [-0.2, 0) is 36.8 Å². The Kier molecular flexibility index (Phi) is 14.4. The first-order valence-electron chi connectivity index (χ1n) is 16.5. The maximum Gasteiger partial charge on any atom is 0.404 e. The highest BCUT2D eigenvalue weighted by Crippen LogP contribution is 2.50. The number of nitrogens with one attached hydrogen (secondary N) is 1. The summed E-state index contributed by atoms with van der Waals surface area (Å²) >= 11 is 0. The highest BCUT2D eigenvalue weighted by molar-refractivity contribution is 7.89. The lowest BCUT2D eigenvalue weighted by molar-refractivity contribution is 0.173. The fourth-order valence-corrected chi connectivity index (χ4v) is 8.85. The van der Waals surface area contributed by atoms with Crippen LogP contribution in [0.1, 0.15) is 44.2 Å². The minimum absolute atomic E-state index is 0.0651. The molecule has 0 saturated heterocycles. The number of hydrogen-bond acceptors (Lipinski definition) is 8. The zero-order chi connectivity index (χ0) is 35.3. The van der Waals surface area contributed by atoms with E-state index >= 15 is 0 Å². The summed E-state index contributed by atoms with van der Waals surface area (Å²) in [5.74, 6) is 0.622. The molecule has 1 heterocycles. The molecule has 0 fully saturated rings. The smallest absolute Gasteiger partial charge is 0.404 e. The number of carbonyl (C=O) groups is 1. The van der Waals surface area contributed by atoms with E-state index in [4.69, 9.17) is 13.8 Å². The van der Waals surface area contributed by atoms with Crippen LogP contribution in [0.25, 0.3) is 0 Å². The zero-order valence-electron chi connectivity index (χ0n) is 28.4. The molecule has 266 valence electrons. The maximum atomic E-state index is 14.0. The van der Waals surface area contributed by atoms with Crippen molar-refractivity contribution < 1.29 is 36.7 Å². The van der Waals surface area contributed by atoms with Gasteiger partial charge in [0.25, 0.3) is 0 Å². The summed E-state index contributed by atoms with van der Waals surface area (Å²) in [6.07, 6.45) is 2.34. The van der Waals surface area contributed by atoms with Crippen LogP contribution in [0, 0.1) is 5.92 Å². The number of benzene rings is 3. The van der Waals surface area contributed by atoms with Crippen molar-refractivity contribution in [2.24, 2.45) is 5.92 Å². The lowest BCUT2D eigenvalue weighted by atomic mass is 9.98. The number of nitrogens with zero attached hydrogens (tertiary/aromatic N) is 2. The molecule has 3 aromatic rings. The fourth-order valence-electron chi connectivity index (χ4n) is 5.56. The first kappa shape index (κ1) is 38.3. The van der Waals surface area contributed by atoms with E-state index in [1.54, 1.807) is 12.1 Å². The molecule has 1 aliphatic heterocycles. The first-order chi connectivity index (χ1) is 23.5. The van der Waals surface area contributed by atoms with Gasteiger partial charge in [-0.05, 0) is 60.6 Å². The standard InChI is InChI=1S/C36H48N3O8PS/c1-29(2)25-39(49(43,44)35-16-14-34(45-3)15-17-35)23-20-33(37-36(40)41)24-30-18-21-38(22-19-30)28-48(42,46-26-31-10-6-4-7-11-31)47-27-32-12-8-5-9-13-32/h4-18,29,33,37H,19-28H2,1-3H3,(H,40,41)/t33-/m1/s1. The number of sulfonamides is 1. The van der Waals surface area contributed by atoms with Crippen molar-refractivity contribution in [2.75, 3.05) is 39.6 Å². The highest BCUT2D eigenvalue weighted by atomic mass is 32.2. The molecular formula is C36H48N3O8PS. The van der Waals surface area contributed by atoms with Gasteiger partial charge in [-0.15, -0.1) is 0 Å². The van der Waals surface area contributed by atoms with E-state index in [1.165, 1.54) is 23.5 Å². The van der Waals surface area contributed by atoms with Gasteiger partial charge in [0.2, 0.25) is 10.0 Å². The van der Waals surface area contributed by atoms with E-state index in [-0.39, 0.29) is 36.9 Å². The average molecular weight is 714 g/mol. The van der Waals surface area contributed by atoms with Crippen molar-refractivity contribution in [3.8, 4) is 5.75 Å². The van der Waals surface area contributed by atoms with E-state index in [9.17, 15) is 22.9 Å². The molecule has 2 N–H and O–H groups in total. The molecule has 0 spiro atoms. The van der Waals surface area contributed by atoms with Crippen LogP contribution in [0.5, 0.6) is 5.75 Å². The Morgan fingerprint density at radius 1 is 0.959 bits per heavy atom. The molecule has 4 rings (SSSR count). The number of ether oxygens (including phenoxy) is 1. The summed E-state index contributed by atoms with van der Waals surface area (Å²) in [5, 5.41) is 12.2. The van der Waals surface area contributed by atoms with E-state index < -0.39 is 29.8 Å². The van der Waals surface area contributed by atoms with Crippen LogP contribution < -0.4 is 10.1 Å². The lowest BCUT2D eigenvalue weighted by Crippen LogP contribution is -2.41. The molecule has 0 aromatic heterocycles. The highest BCUT2D eigenvalue weighted by Gasteiger charge is 2.31. The van der Waals surface area contributed by atoms with Gasteiger partial charge in [-0.1, -0.05) is 86.2 Å². The van der Waals surface area contributed by atoms with Gasteiger partial charge < -0.3 is 24.2 Å². The Morgan fingerprint density at radius 3 is 2.04 bits per heavy atom. The SMILES string of the molecule is COc1ccc(S(=O)(=O)N(CC[C@H](CC2=CCN(CP(=O)(OCc3ccccc3)OCc3ccccc3)CC2)NC(=O)O)CC(C)C)cc1. The summed E-state index contributed by atoms with van der Waals surface area (Å²) in [4.78, 5) is 13.9. The van der Waals surface area contributed by atoms with Gasteiger partial charge >= 0.3 is 13.7 Å². The second-order valence-electron chi connectivity index (χ2n) is 12.5. The number of hydrogen-bond donors (Lipinski definition) is 2. The summed E-state index contributed by atoms with van der Waals surface area (Å²) in [6.45, 7) is 5.74. The molecule has 13 heteroatoms. The molecule has 49 heavy (non-hydrogen) atoms. The first-order valence-corrected chi connectivity index (χ1v) is 19.6. The largest absolute Gasteiger partial charge is 0.497 e. The monoisotopic (exact) mass is 713 g/mol. The number of methoxy groups -OCH3 is 1. The van der Waals surface area contributed by atoms with E-state index in [0.717, 1.165) is 16.7 Å². The van der Waals surface area contributed by atoms with Gasteiger partial charge in [0.05, 0.1) is 25.2 Å². The minimum Gasteiger partial charge on any atom is -0.497 e. The number of carboxylic acid groups (broad SMARTS) is 1. The Labute approximate surface area is 290 Å². The number of amides is 1. The van der Waals surface area contributed by atoms with Crippen molar-refractivity contribution in [2.45, 2.75) is 57.3 Å². The molecule has 3 aromatic carbocycles. The number of rotatable bonds is 19. The topological polar surface area (TPSA) is 135 Å². The fraction of sp³-hybridized carbons (Fsp3) is 0.417. The Bertz CT molecular complexity index is 1610. The van der Waals surface area contributed by atoms with Crippen LogP contribution >= 0.6 is 7.60 Å². The van der Waals surface area contributed by atoms with E-state index in [1.807, 2.05) is 85.5 Å². The summed E-state index contributed by atoms with van der Waals surface area (Å²) < 4.78 is 59.7. The molecular weight excluding hydrogens is 665 g/mol. The van der Waals surface area contributed by atoms with Gasteiger partial charge in [-0.2, -0.15) is 4.31 Å². The van der Waals surface area contributed by atoms with Crippen LogP contribution in [0.2, 0.25) is 0 Å². The maximum absolute atomic E-state index is 14.0. The third-order valence-electron chi connectivity index (χ3n) is 8.13. The van der Waals surface area contributed by atoms with Crippen molar-refractivity contribution in [3.05, 3.63) is 108 Å². The van der Waals surface area contributed by atoms with Crippen LogP contribution in [0.3, 0.4) is 0 Å². The van der Waals surface area contributed by atoms with Crippen molar-refractivity contribution in [3.63, 3.8) is 0 Å². The van der Waals surface area contributed by atoms with Gasteiger partial charge in [0.1, 0.15) is 12.0 Å². The second kappa shape index (κ2) is 18.5. The molecule has 0 saturated carbocycles. The predicted molar refractivity (Wildman–Crippen MR) is 190 cm³/mol. The second-order valence-corrected chi connectivity index (χ2v) is 16.5. The van der Waals surface area contributed by atoms with Crippen molar-refractivity contribution >= 4 is 23.7 Å². The Hall–Kier alpha value is -3.51. The van der Waals surface area contributed by atoms with Crippen LogP contribution in [-0.4, -0.2) is 74.4 Å². The van der Waals surface area contributed by atoms with Crippen LogP contribution in [0.4, 0.5) is 4.79 Å². The van der Waals surface area contributed by atoms with E-state index in [0.29, 0.717) is 44.6 Å². The van der Waals surface area contributed by atoms with Gasteiger partial charge in [0.15, 0.2) is 0 Å². The average Bonchev–Trinajstić information content (AvgIpc) is 3.09. The zero-order valence-corrected chi connectivity index (χ0v) is 30.2. The molecule has 1 atom stereocenters. The van der Waals surface area contributed by atoms with Gasteiger partial charge in [-0.25, -0.2) is 13.2 Å². The van der Waals surface area contributed by atoms with Gasteiger partial charge in [0, 0.05) is 32.2 Å². The van der Waals surface area contributed by atoms with Crippen LogP contribution in [0.15, 0.2) is 101 Å². The van der Waals surface area contributed by atoms with Crippen molar-refractivity contribution in [1.82, 2.24) is 14.5 Å². The molecule has 0 unspecified atom stereocenters. The Morgan fingerprint density at radius 2 is 1.55 bits per heavy atom. The Balaban J connectivity index is 1.40. The van der Waals surface area contributed by atoms with Gasteiger partial charge in [-0.3, -0.25) is 9.46 Å². The quantitative estimate of drug-likeness (QED) is 0.0997. The molecule has 0 radical (unpaired) electrons. The summed E-state index contributed by atoms with van der Waals surface area (Å²) in [7, 11) is -5.83. The molecule has 1 amide bonds. The minimum atomic E-state index is -3.82. The molecule has 0 aliphatic carbocycles. The molecule has 11 nitrogen and oxygen atoms in total. The molecule has 1 aliphatic rings.